The molecule has 0 radical (unpaired) electrons. The molecule has 0 aromatic heterocycles. The monoisotopic (exact) mass is 492 g/mol. The van der Waals surface area contributed by atoms with E-state index in [-0.39, 0.29) is 5.91 Å². The highest BCUT2D eigenvalue weighted by Crippen LogP contribution is 2.34. The van der Waals surface area contributed by atoms with E-state index in [0.717, 1.165) is 56.4 Å². The van der Waals surface area contributed by atoms with E-state index >= 15 is 0 Å². The first-order valence-corrected chi connectivity index (χ1v) is 12.9. The van der Waals surface area contributed by atoms with Crippen LogP contribution in [0.5, 0.6) is 5.75 Å². The van der Waals surface area contributed by atoms with Gasteiger partial charge in [-0.05, 0) is 65.8 Å². The third-order valence-corrected chi connectivity index (χ3v) is 7.43. The Labute approximate surface area is 218 Å². The number of hydrogen-bond donors (Lipinski definition) is 1. The maximum Gasteiger partial charge on any atom is 0.255 e. The molecule has 6 heteroatoms. The third kappa shape index (κ3) is 5.17. The Kier molecular flexibility index (Phi) is 6.51. The van der Waals surface area contributed by atoms with Crippen LogP contribution in [0.25, 0.3) is 10.8 Å². The zero-order valence-electron chi connectivity index (χ0n) is 21.2. The van der Waals surface area contributed by atoms with E-state index in [2.05, 4.69) is 75.6 Å². The van der Waals surface area contributed by atoms with Crippen LogP contribution in [0.1, 0.15) is 21.5 Å². The fraction of sp³-hybridized carbons (Fsp3) is 0.258. The summed E-state index contributed by atoms with van der Waals surface area (Å²) < 4.78 is 6.06. The topological polar surface area (TPSA) is 48.0 Å². The molecular weight excluding hydrogens is 460 g/mol. The van der Waals surface area contributed by atoms with Crippen LogP contribution in [0.3, 0.4) is 0 Å². The minimum Gasteiger partial charge on any atom is -0.473 e. The number of benzene rings is 4. The molecule has 188 valence electrons. The van der Waals surface area contributed by atoms with Gasteiger partial charge < -0.3 is 19.9 Å². The molecule has 37 heavy (non-hydrogen) atoms. The number of nitrogens with zero attached hydrogens (tertiary/aromatic N) is 3. The Bertz CT molecular complexity index is 1390. The molecule has 0 spiro atoms. The molecule has 0 aliphatic carbocycles. The molecule has 4 aromatic carbocycles. The van der Waals surface area contributed by atoms with Crippen LogP contribution in [0, 0.1) is 0 Å². The van der Waals surface area contributed by atoms with Crippen LogP contribution in [0.4, 0.5) is 11.4 Å². The second kappa shape index (κ2) is 10.2. The zero-order valence-corrected chi connectivity index (χ0v) is 21.2. The summed E-state index contributed by atoms with van der Waals surface area (Å²) in [5.41, 5.74) is 4.94. The molecular formula is C31H32N4O2. The first kappa shape index (κ1) is 23.5. The fourth-order valence-corrected chi connectivity index (χ4v) is 5.15. The van der Waals surface area contributed by atoms with Gasteiger partial charge in [0.05, 0.1) is 6.54 Å². The van der Waals surface area contributed by atoms with Crippen molar-refractivity contribution in [1.29, 1.82) is 0 Å². The Hall–Kier alpha value is -3.87. The largest absolute Gasteiger partial charge is 0.473 e. The first-order chi connectivity index (χ1) is 18.1. The number of piperazine rings is 1. The number of hydrogen-bond acceptors (Lipinski definition) is 5. The predicted molar refractivity (Wildman–Crippen MR) is 149 cm³/mol. The lowest BCUT2D eigenvalue weighted by atomic mass is 10.0. The van der Waals surface area contributed by atoms with Crippen molar-refractivity contribution in [2.24, 2.45) is 0 Å². The summed E-state index contributed by atoms with van der Waals surface area (Å²) in [7, 11) is 2.17. The number of anilines is 2. The van der Waals surface area contributed by atoms with E-state index in [1.165, 1.54) is 21.9 Å². The van der Waals surface area contributed by atoms with Gasteiger partial charge in [0.1, 0.15) is 5.75 Å². The first-order valence-electron chi connectivity index (χ1n) is 12.9. The maximum absolute atomic E-state index is 12.9. The van der Waals surface area contributed by atoms with Gasteiger partial charge in [0, 0.05) is 55.2 Å². The number of nitrogens with one attached hydrogen (secondary N) is 1. The van der Waals surface area contributed by atoms with Gasteiger partial charge in [0.25, 0.3) is 5.91 Å². The van der Waals surface area contributed by atoms with Gasteiger partial charge >= 0.3 is 0 Å². The number of fused-ring (bicyclic) bond motifs is 3. The standard InChI is InChI=1S/C31H32N4O2/c1-33-16-18-34(19-17-33)20-23-6-11-26(12-7-23)32-31(36)25-8-13-27(14-9-25)35-21-29-28-5-3-2-4-24(28)10-15-30(29)37-22-35/h2-15H,16-22H2,1H3,(H,32,36). The lowest BCUT2D eigenvalue weighted by Crippen LogP contribution is -2.43. The second-order valence-electron chi connectivity index (χ2n) is 10.0. The maximum atomic E-state index is 12.9. The molecule has 4 aromatic rings. The second-order valence-corrected chi connectivity index (χ2v) is 10.0. The summed E-state index contributed by atoms with van der Waals surface area (Å²) in [5, 5.41) is 5.46. The molecule has 0 unspecified atom stereocenters. The highest BCUT2D eigenvalue weighted by molar-refractivity contribution is 6.04. The van der Waals surface area contributed by atoms with Gasteiger partial charge in [-0.2, -0.15) is 0 Å². The van der Waals surface area contributed by atoms with Gasteiger partial charge in [-0.1, -0.05) is 42.5 Å². The molecule has 0 saturated carbocycles. The van der Waals surface area contributed by atoms with Gasteiger partial charge in [0.15, 0.2) is 6.73 Å². The summed E-state index contributed by atoms with van der Waals surface area (Å²) in [4.78, 5) is 19.9. The van der Waals surface area contributed by atoms with Crippen molar-refractivity contribution in [3.8, 4) is 5.75 Å². The third-order valence-electron chi connectivity index (χ3n) is 7.43. The number of carbonyl (C=O) groups is 1. The van der Waals surface area contributed by atoms with Crippen molar-refractivity contribution in [3.63, 3.8) is 0 Å². The van der Waals surface area contributed by atoms with Crippen molar-refractivity contribution in [3.05, 3.63) is 102 Å². The number of ether oxygens (including phenoxy) is 1. The number of amides is 1. The fourth-order valence-electron chi connectivity index (χ4n) is 5.15. The van der Waals surface area contributed by atoms with Crippen molar-refractivity contribution in [2.75, 3.05) is 50.2 Å². The molecule has 2 aliphatic heterocycles. The van der Waals surface area contributed by atoms with E-state index in [1.807, 2.05) is 36.4 Å². The Balaban J connectivity index is 1.08. The minimum absolute atomic E-state index is 0.107. The predicted octanol–water partition coefficient (Wildman–Crippen LogP) is 5.20. The van der Waals surface area contributed by atoms with Crippen LogP contribution >= 0.6 is 0 Å². The van der Waals surface area contributed by atoms with Gasteiger partial charge in [0.2, 0.25) is 0 Å². The summed E-state index contributed by atoms with van der Waals surface area (Å²) >= 11 is 0. The average molecular weight is 493 g/mol. The van der Waals surface area contributed by atoms with Crippen LogP contribution in [0.2, 0.25) is 0 Å². The van der Waals surface area contributed by atoms with Crippen molar-refractivity contribution in [1.82, 2.24) is 9.80 Å². The Morgan fingerprint density at radius 1 is 0.865 bits per heavy atom. The lowest BCUT2D eigenvalue weighted by molar-refractivity contribution is 0.102. The quantitative estimate of drug-likeness (QED) is 0.415. The average Bonchev–Trinajstić information content (AvgIpc) is 2.95. The molecule has 0 bridgehead atoms. The van der Waals surface area contributed by atoms with Gasteiger partial charge in [-0.25, -0.2) is 0 Å². The SMILES string of the molecule is CN1CCN(Cc2ccc(NC(=O)c3ccc(N4COc5ccc6ccccc6c5C4)cc3)cc2)CC1. The highest BCUT2D eigenvalue weighted by Gasteiger charge is 2.20. The molecule has 2 heterocycles. The Morgan fingerprint density at radius 3 is 2.41 bits per heavy atom. The molecule has 1 amide bonds. The van der Waals surface area contributed by atoms with E-state index in [4.69, 9.17) is 4.74 Å². The lowest BCUT2D eigenvalue weighted by Gasteiger charge is -2.32. The summed E-state index contributed by atoms with van der Waals surface area (Å²) in [5.74, 6) is 0.838. The molecule has 1 N–H and O–H groups in total. The summed E-state index contributed by atoms with van der Waals surface area (Å²) in [6, 6.07) is 28.5. The van der Waals surface area contributed by atoms with Gasteiger partial charge in [-0.3, -0.25) is 9.69 Å². The number of carbonyl (C=O) groups excluding carboxylic acids is 1. The van der Waals surface area contributed by atoms with E-state index in [9.17, 15) is 4.79 Å². The Morgan fingerprint density at radius 2 is 1.62 bits per heavy atom. The smallest absolute Gasteiger partial charge is 0.255 e. The van der Waals surface area contributed by atoms with Crippen LogP contribution in [0.15, 0.2) is 84.9 Å². The minimum atomic E-state index is -0.107. The molecule has 0 atom stereocenters. The molecule has 1 fully saturated rings. The summed E-state index contributed by atoms with van der Waals surface area (Å²) in [6.07, 6.45) is 0. The molecule has 6 nitrogen and oxygen atoms in total. The molecule has 2 aliphatic rings. The zero-order chi connectivity index (χ0) is 25.2. The van der Waals surface area contributed by atoms with Crippen molar-refractivity contribution < 1.29 is 9.53 Å². The van der Waals surface area contributed by atoms with Crippen LogP contribution in [-0.4, -0.2) is 55.7 Å². The van der Waals surface area contributed by atoms with Crippen LogP contribution in [-0.2, 0) is 13.1 Å². The summed E-state index contributed by atoms with van der Waals surface area (Å²) in [6.45, 7) is 6.61. The molecule has 1 saturated heterocycles. The number of likely N-dealkylation sites (N-methyl/N-ethyl adjacent to an activating group) is 1. The number of rotatable bonds is 5. The van der Waals surface area contributed by atoms with Gasteiger partial charge in [-0.15, -0.1) is 0 Å². The van der Waals surface area contributed by atoms with Crippen LogP contribution < -0.4 is 15.0 Å². The van der Waals surface area contributed by atoms with Crippen molar-refractivity contribution >= 4 is 28.1 Å². The van der Waals surface area contributed by atoms with E-state index in [1.54, 1.807) is 0 Å². The normalized spacial score (nSPS) is 16.3. The van der Waals surface area contributed by atoms with E-state index in [0.29, 0.717) is 12.3 Å². The molecule has 6 rings (SSSR count). The van der Waals surface area contributed by atoms with E-state index < -0.39 is 0 Å². The van der Waals surface area contributed by atoms with Crippen molar-refractivity contribution in [2.45, 2.75) is 13.1 Å². The highest BCUT2D eigenvalue weighted by atomic mass is 16.5.